The highest BCUT2D eigenvalue weighted by molar-refractivity contribution is 9.10. The van der Waals surface area contributed by atoms with Crippen molar-refractivity contribution < 1.29 is 14.3 Å². The van der Waals surface area contributed by atoms with Crippen LogP contribution in [0, 0.1) is 12.8 Å². The maximum atomic E-state index is 12.2. The molecule has 6 heteroatoms. The van der Waals surface area contributed by atoms with Crippen molar-refractivity contribution >= 4 is 27.7 Å². The average Bonchev–Trinajstić information content (AvgIpc) is 2.58. The van der Waals surface area contributed by atoms with Crippen LogP contribution in [0.2, 0.25) is 0 Å². The SMILES string of the molecule is Cc1cccc(C(=O)NNC(=O)c2ccc(OCC(C)C)c(Br)c2)c1. The van der Waals surface area contributed by atoms with Crippen molar-refractivity contribution in [3.63, 3.8) is 0 Å². The molecule has 0 aliphatic heterocycles. The largest absolute Gasteiger partial charge is 0.492 e. The summed E-state index contributed by atoms with van der Waals surface area (Å²) in [6, 6.07) is 12.2. The Morgan fingerprint density at radius 2 is 1.68 bits per heavy atom. The van der Waals surface area contributed by atoms with E-state index in [9.17, 15) is 9.59 Å². The minimum absolute atomic E-state index is 0.368. The first-order chi connectivity index (χ1) is 11.9. The molecule has 2 N–H and O–H groups in total. The fourth-order valence-electron chi connectivity index (χ4n) is 2.06. The first-order valence-electron chi connectivity index (χ1n) is 7.96. The predicted molar refractivity (Wildman–Crippen MR) is 101 cm³/mol. The van der Waals surface area contributed by atoms with Crippen molar-refractivity contribution in [2.45, 2.75) is 20.8 Å². The third-order valence-electron chi connectivity index (χ3n) is 3.34. The van der Waals surface area contributed by atoms with Crippen molar-refractivity contribution in [1.82, 2.24) is 10.9 Å². The molecular weight excluding hydrogens is 384 g/mol. The van der Waals surface area contributed by atoms with Crippen molar-refractivity contribution in [2.24, 2.45) is 5.92 Å². The van der Waals surface area contributed by atoms with Gasteiger partial charge < -0.3 is 4.74 Å². The summed E-state index contributed by atoms with van der Waals surface area (Å²) in [6.45, 7) is 6.62. The van der Waals surface area contributed by atoms with Crippen LogP contribution < -0.4 is 15.6 Å². The van der Waals surface area contributed by atoms with Crippen LogP contribution >= 0.6 is 15.9 Å². The maximum absolute atomic E-state index is 12.2. The average molecular weight is 405 g/mol. The van der Waals surface area contributed by atoms with Gasteiger partial charge in [-0.25, -0.2) is 0 Å². The van der Waals surface area contributed by atoms with E-state index in [1.54, 1.807) is 36.4 Å². The van der Waals surface area contributed by atoms with Gasteiger partial charge in [0.25, 0.3) is 11.8 Å². The van der Waals surface area contributed by atoms with Crippen LogP contribution in [0.15, 0.2) is 46.9 Å². The second-order valence-corrected chi connectivity index (χ2v) is 6.98. The van der Waals surface area contributed by atoms with E-state index in [1.165, 1.54) is 0 Å². The molecule has 5 nitrogen and oxygen atoms in total. The minimum atomic E-state index is -0.405. The molecule has 0 saturated heterocycles. The van der Waals surface area contributed by atoms with Gasteiger partial charge in [-0.15, -0.1) is 0 Å². The highest BCUT2D eigenvalue weighted by Crippen LogP contribution is 2.26. The van der Waals surface area contributed by atoms with Crippen molar-refractivity contribution in [3.8, 4) is 5.75 Å². The molecule has 2 aromatic rings. The lowest BCUT2D eigenvalue weighted by atomic mass is 10.1. The Morgan fingerprint density at radius 1 is 1.04 bits per heavy atom. The van der Waals surface area contributed by atoms with Crippen molar-refractivity contribution in [2.75, 3.05) is 6.61 Å². The van der Waals surface area contributed by atoms with Gasteiger partial charge in [-0.3, -0.25) is 20.4 Å². The van der Waals surface area contributed by atoms with Gasteiger partial charge in [0.05, 0.1) is 11.1 Å². The number of ether oxygens (including phenoxy) is 1. The summed E-state index contributed by atoms with van der Waals surface area (Å²) in [5.41, 5.74) is 6.69. The number of halogens is 1. The fraction of sp³-hybridized carbons (Fsp3) is 0.263. The van der Waals surface area contributed by atoms with Gasteiger partial charge in [-0.2, -0.15) is 0 Å². The number of benzene rings is 2. The zero-order valence-corrected chi connectivity index (χ0v) is 16.0. The first-order valence-corrected chi connectivity index (χ1v) is 8.76. The number of hydrazine groups is 1. The van der Waals surface area contributed by atoms with E-state index in [0.717, 1.165) is 5.56 Å². The van der Waals surface area contributed by atoms with E-state index in [2.05, 4.69) is 40.6 Å². The molecule has 0 unspecified atom stereocenters. The number of nitrogens with one attached hydrogen (secondary N) is 2. The summed E-state index contributed by atoms with van der Waals surface area (Å²) in [5, 5.41) is 0. The van der Waals surface area contributed by atoms with Crippen LogP contribution in [0.1, 0.15) is 40.1 Å². The van der Waals surface area contributed by atoms with Crippen LogP contribution in [0.3, 0.4) is 0 Å². The van der Waals surface area contributed by atoms with Gasteiger partial charge >= 0.3 is 0 Å². The predicted octanol–water partition coefficient (Wildman–Crippen LogP) is 3.87. The van der Waals surface area contributed by atoms with E-state index in [0.29, 0.717) is 33.9 Å². The summed E-state index contributed by atoms with van der Waals surface area (Å²) in [5.74, 6) is 0.311. The molecule has 132 valence electrons. The molecule has 0 spiro atoms. The van der Waals surface area contributed by atoms with Crippen LogP contribution in [0.25, 0.3) is 0 Å². The molecule has 2 aromatic carbocycles. The van der Waals surface area contributed by atoms with E-state index in [4.69, 9.17) is 4.74 Å². The van der Waals surface area contributed by atoms with Crippen LogP contribution in [0.5, 0.6) is 5.75 Å². The Balaban J connectivity index is 1.96. The van der Waals surface area contributed by atoms with E-state index >= 15 is 0 Å². The Hall–Kier alpha value is -2.34. The lowest BCUT2D eigenvalue weighted by Gasteiger charge is -2.12. The summed E-state index contributed by atoms with van der Waals surface area (Å²) in [7, 11) is 0. The Kier molecular flexibility index (Phi) is 6.58. The molecule has 0 aromatic heterocycles. The highest BCUT2D eigenvalue weighted by atomic mass is 79.9. The van der Waals surface area contributed by atoms with Crippen molar-refractivity contribution in [1.29, 1.82) is 0 Å². The molecule has 0 aliphatic rings. The maximum Gasteiger partial charge on any atom is 0.269 e. The molecule has 25 heavy (non-hydrogen) atoms. The second kappa shape index (κ2) is 8.67. The Bertz CT molecular complexity index is 775. The normalized spacial score (nSPS) is 10.4. The van der Waals surface area contributed by atoms with Gasteiger partial charge in [0.15, 0.2) is 0 Å². The Morgan fingerprint density at radius 3 is 2.24 bits per heavy atom. The smallest absolute Gasteiger partial charge is 0.269 e. The minimum Gasteiger partial charge on any atom is -0.492 e. The molecule has 0 atom stereocenters. The molecule has 0 fully saturated rings. The van der Waals surface area contributed by atoms with Crippen LogP contribution in [-0.2, 0) is 0 Å². The molecule has 0 heterocycles. The molecule has 2 rings (SSSR count). The highest BCUT2D eigenvalue weighted by Gasteiger charge is 2.12. The van der Waals surface area contributed by atoms with Crippen LogP contribution in [0.4, 0.5) is 0 Å². The number of carbonyl (C=O) groups is 2. The van der Waals surface area contributed by atoms with E-state index < -0.39 is 5.91 Å². The van der Waals surface area contributed by atoms with Gasteiger partial charge in [0.2, 0.25) is 0 Å². The second-order valence-electron chi connectivity index (χ2n) is 6.13. The lowest BCUT2D eigenvalue weighted by molar-refractivity contribution is 0.0846. The third-order valence-corrected chi connectivity index (χ3v) is 3.96. The number of carbonyl (C=O) groups excluding carboxylic acids is 2. The fourth-order valence-corrected chi connectivity index (χ4v) is 2.55. The van der Waals surface area contributed by atoms with Gasteiger partial charge in [0.1, 0.15) is 5.75 Å². The third kappa shape index (κ3) is 5.60. The van der Waals surface area contributed by atoms with E-state index in [1.807, 2.05) is 13.0 Å². The van der Waals surface area contributed by atoms with Gasteiger partial charge in [0, 0.05) is 11.1 Å². The summed E-state index contributed by atoms with van der Waals surface area (Å²) < 4.78 is 6.34. The molecule has 2 amide bonds. The van der Waals surface area contributed by atoms with Gasteiger partial charge in [-0.05, 0) is 59.1 Å². The molecule has 0 saturated carbocycles. The molecule has 0 aliphatic carbocycles. The number of amides is 2. The molecular formula is C19H21BrN2O3. The van der Waals surface area contributed by atoms with Crippen molar-refractivity contribution in [3.05, 3.63) is 63.6 Å². The van der Waals surface area contributed by atoms with Gasteiger partial charge in [-0.1, -0.05) is 31.5 Å². The summed E-state index contributed by atoms with van der Waals surface area (Å²) in [6.07, 6.45) is 0. The molecule has 0 radical (unpaired) electrons. The monoisotopic (exact) mass is 404 g/mol. The Labute approximate surface area is 155 Å². The topological polar surface area (TPSA) is 67.4 Å². The number of hydrogen-bond donors (Lipinski definition) is 2. The number of rotatable bonds is 5. The summed E-state index contributed by atoms with van der Waals surface area (Å²) >= 11 is 3.40. The number of hydrogen-bond acceptors (Lipinski definition) is 3. The first kappa shape index (κ1) is 19.0. The quantitative estimate of drug-likeness (QED) is 0.743. The standard InChI is InChI=1S/C19H21BrN2O3/c1-12(2)11-25-17-8-7-15(10-16(17)20)19(24)22-21-18(23)14-6-4-5-13(3)9-14/h4-10,12H,11H2,1-3H3,(H,21,23)(H,22,24). The summed E-state index contributed by atoms with van der Waals surface area (Å²) in [4.78, 5) is 24.2. The lowest BCUT2D eigenvalue weighted by Crippen LogP contribution is -2.41. The zero-order valence-electron chi connectivity index (χ0n) is 14.4. The number of aryl methyl sites for hydroxylation is 1. The zero-order chi connectivity index (χ0) is 18.4. The van der Waals surface area contributed by atoms with E-state index in [-0.39, 0.29) is 5.91 Å². The van der Waals surface area contributed by atoms with Crippen LogP contribution in [-0.4, -0.2) is 18.4 Å². The molecule has 0 bridgehead atoms.